The molecule has 0 aliphatic carbocycles. The first-order valence-electron chi connectivity index (χ1n) is 6.40. The first-order valence-corrected chi connectivity index (χ1v) is 8.36. The molecule has 0 bridgehead atoms. The Kier molecular flexibility index (Phi) is 4.27. The lowest BCUT2D eigenvalue weighted by Crippen LogP contribution is -2.42. The molecule has 20 heavy (non-hydrogen) atoms. The molecule has 0 unspecified atom stereocenters. The van der Waals surface area contributed by atoms with Crippen molar-refractivity contribution < 1.29 is 17.9 Å². The van der Waals surface area contributed by atoms with Crippen LogP contribution in [-0.4, -0.2) is 55.9 Å². The van der Waals surface area contributed by atoms with Crippen LogP contribution in [0.25, 0.3) is 0 Å². The molecule has 6 nitrogen and oxygen atoms in total. The molecule has 0 aromatic carbocycles. The molecule has 1 aliphatic rings. The highest BCUT2D eigenvalue weighted by Crippen LogP contribution is 2.21. The number of carbonyl (C=O) groups excluding carboxylic acids is 1. The summed E-state index contributed by atoms with van der Waals surface area (Å²) in [5.74, 6) is 0.129. The minimum absolute atomic E-state index is 0.165. The molecule has 7 heteroatoms. The maximum absolute atomic E-state index is 12.4. The van der Waals surface area contributed by atoms with Gasteiger partial charge in [0.2, 0.25) is 5.88 Å². The minimum Gasteiger partial charge on any atom is -0.480 e. The predicted molar refractivity (Wildman–Crippen MR) is 74.6 cm³/mol. The molecule has 1 aromatic rings. The lowest BCUT2D eigenvalue weighted by molar-refractivity contribution is 0.0721. The summed E-state index contributed by atoms with van der Waals surface area (Å²) < 4.78 is 28.1. The largest absolute Gasteiger partial charge is 0.480 e. The second-order valence-corrected chi connectivity index (χ2v) is 7.21. The maximum Gasteiger partial charge on any atom is 0.259 e. The molecular weight excluding hydrogens is 280 g/mol. The van der Waals surface area contributed by atoms with Gasteiger partial charge in [-0.3, -0.25) is 4.79 Å². The molecule has 1 aliphatic heterocycles. The SMILES string of the molecule is COc1ncccc1C(=O)N1CCC(S(C)(=O)=O)CC1. The van der Waals surface area contributed by atoms with Gasteiger partial charge in [-0.15, -0.1) is 0 Å². The summed E-state index contributed by atoms with van der Waals surface area (Å²) in [5, 5.41) is -0.345. The Hall–Kier alpha value is -1.63. The molecule has 0 radical (unpaired) electrons. The van der Waals surface area contributed by atoms with E-state index in [9.17, 15) is 13.2 Å². The van der Waals surface area contributed by atoms with Crippen molar-refractivity contribution in [3.63, 3.8) is 0 Å². The van der Waals surface area contributed by atoms with Gasteiger partial charge in [-0.1, -0.05) is 0 Å². The van der Waals surface area contributed by atoms with Gasteiger partial charge in [0.05, 0.1) is 12.4 Å². The topological polar surface area (TPSA) is 76.6 Å². The number of carbonyl (C=O) groups is 1. The number of amides is 1. The number of hydrogen-bond donors (Lipinski definition) is 0. The van der Waals surface area contributed by atoms with E-state index in [1.54, 1.807) is 23.2 Å². The van der Waals surface area contributed by atoms with Crippen LogP contribution >= 0.6 is 0 Å². The molecule has 110 valence electrons. The van der Waals surface area contributed by atoms with Crippen molar-refractivity contribution >= 4 is 15.7 Å². The molecule has 1 amide bonds. The van der Waals surface area contributed by atoms with Crippen LogP contribution in [0.2, 0.25) is 0 Å². The van der Waals surface area contributed by atoms with Gasteiger partial charge in [0.1, 0.15) is 15.4 Å². The number of sulfone groups is 1. The van der Waals surface area contributed by atoms with Crippen LogP contribution in [-0.2, 0) is 9.84 Å². The average molecular weight is 298 g/mol. The van der Waals surface area contributed by atoms with Gasteiger partial charge in [0, 0.05) is 25.5 Å². The molecule has 1 saturated heterocycles. The monoisotopic (exact) mass is 298 g/mol. The van der Waals surface area contributed by atoms with Gasteiger partial charge in [0.25, 0.3) is 5.91 Å². The highest BCUT2D eigenvalue weighted by atomic mass is 32.2. The van der Waals surface area contributed by atoms with Crippen LogP contribution in [0.15, 0.2) is 18.3 Å². The Morgan fingerprint density at radius 3 is 2.60 bits per heavy atom. The normalized spacial score (nSPS) is 17.0. The van der Waals surface area contributed by atoms with E-state index in [1.807, 2.05) is 0 Å². The number of aromatic nitrogens is 1. The van der Waals surface area contributed by atoms with Gasteiger partial charge in [-0.25, -0.2) is 13.4 Å². The van der Waals surface area contributed by atoms with Crippen molar-refractivity contribution in [1.29, 1.82) is 0 Å². The fraction of sp³-hybridized carbons (Fsp3) is 0.538. The van der Waals surface area contributed by atoms with Crippen molar-refractivity contribution in [2.24, 2.45) is 0 Å². The standard InChI is InChI=1S/C13H18N2O4S/c1-19-12-11(4-3-7-14-12)13(16)15-8-5-10(6-9-15)20(2,17)18/h3-4,7,10H,5-6,8-9H2,1-2H3. The highest BCUT2D eigenvalue weighted by molar-refractivity contribution is 7.91. The Morgan fingerprint density at radius 1 is 1.40 bits per heavy atom. The van der Waals surface area contributed by atoms with Crippen LogP contribution < -0.4 is 4.74 Å². The van der Waals surface area contributed by atoms with E-state index >= 15 is 0 Å². The lowest BCUT2D eigenvalue weighted by atomic mass is 10.1. The van der Waals surface area contributed by atoms with E-state index < -0.39 is 9.84 Å². The van der Waals surface area contributed by atoms with Crippen LogP contribution in [0.5, 0.6) is 5.88 Å². The minimum atomic E-state index is -3.03. The predicted octanol–water partition coefficient (Wildman–Crippen LogP) is 0.739. The number of methoxy groups -OCH3 is 1. The Bertz CT molecular complexity index is 592. The van der Waals surface area contributed by atoms with Gasteiger partial charge < -0.3 is 9.64 Å². The molecular formula is C13H18N2O4S. The summed E-state index contributed by atoms with van der Waals surface area (Å²) in [6.07, 6.45) is 3.77. The third-order valence-corrected chi connectivity index (χ3v) is 5.21. The summed E-state index contributed by atoms with van der Waals surface area (Å²) in [6, 6.07) is 3.34. The zero-order chi connectivity index (χ0) is 14.8. The molecule has 1 aromatic heterocycles. The number of hydrogen-bond acceptors (Lipinski definition) is 5. The van der Waals surface area contributed by atoms with E-state index in [0.717, 1.165) is 0 Å². The van der Waals surface area contributed by atoms with Crippen molar-refractivity contribution in [3.05, 3.63) is 23.9 Å². The third kappa shape index (κ3) is 3.09. The molecule has 0 spiro atoms. The molecule has 0 saturated carbocycles. The fourth-order valence-electron chi connectivity index (χ4n) is 2.37. The van der Waals surface area contributed by atoms with E-state index in [4.69, 9.17) is 4.74 Å². The summed E-state index contributed by atoms with van der Waals surface area (Å²) >= 11 is 0. The van der Waals surface area contributed by atoms with Crippen LogP contribution in [0.3, 0.4) is 0 Å². The lowest BCUT2D eigenvalue weighted by Gasteiger charge is -2.31. The van der Waals surface area contributed by atoms with Crippen molar-refractivity contribution in [2.75, 3.05) is 26.5 Å². The molecule has 2 heterocycles. The second-order valence-electron chi connectivity index (χ2n) is 4.88. The number of rotatable bonds is 3. The second kappa shape index (κ2) is 5.78. The van der Waals surface area contributed by atoms with Gasteiger partial charge >= 0.3 is 0 Å². The fourth-order valence-corrected chi connectivity index (χ4v) is 3.44. The van der Waals surface area contributed by atoms with Crippen molar-refractivity contribution in [1.82, 2.24) is 9.88 Å². The summed E-state index contributed by atoms with van der Waals surface area (Å²) in [6.45, 7) is 0.878. The van der Waals surface area contributed by atoms with Gasteiger partial charge in [-0.05, 0) is 25.0 Å². The molecule has 0 N–H and O–H groups in total. The number of piperidine rings is 1. The van der Waals surface area contributed by atoms with Crippen LogP contribution in [0.1, 0.15) is 23.2 Å². The quantitative estimate of drug-likeness (QED) is 0.822. The van der Waals surface area contributed by atoms with Gasteiger partial charge in [-0.2, -0.15) is 0 Å². The van der Waals surface area contributed by atoms with Crippen molar-refractivity contribution in [3.8, 4) is 5.88 Å². The first-order chi connectivity index (χ1) is 9.43. The van der Waals surface area contributed by atoms with Crippen LogP contribution in [0.4, 0.5) is 0 Å². The number of ether oxygens (including phenoxy) is 1. The molecule has 0 atom stereocenters. The van der Waals surface area contributed by atoms with E-state index in [1.165, 1.54) is 13.4 Å². The number of nitrogens with zero attached hydrogens (tertiary/aromatic N) is 2. The Morgan fingerprint density at radius 2 is 2.05 bits per heavy atom. The Labute approximate surface area is 118 Å². The zero-order valence-electron chi connectivity index (χ0n) is 11.6. The smallest absolute Gasteiger partial charge is 0.259 e. The third-order valence-electron chi connectivity index (χ3n) is 3.53. The summed E-state index contributed by atoms with van der Waals surface area (Å²) in [7, 11) is -1.56. The van der Waals surface area contributed by atoms with E-state index in [2.05, 4.69) is 4.98 Å². The summed E-state index contributed by atoms with van der Waals surface area (Å²) in [4.78, 5) is 18.0. The van der Waals surface area contributed by atoms with E-state index in [0.29, 0.717) is 37.4 Å². The van der Waals surface area contributed by atoms with Crippen molar-refractivity contribution in [2.45, 2.75) is 18.1 Å². The number of pyridine rings is 1. The van der Waals surface area contributed by atoms with Crippen LogP contribution in [0, 0.1) is 0 Å². The Balaban J connectivity index is 2.09. The summed E-state index contributed by atoms with van der Waals surface area (Å²) in [5.41, 5.74) is 0.410. The highest BCUT2D eigenvalue weighted by Gasteiger charge is 2.30. The maximum atomic E-state index is 12.4. The average Bonchev–Trinajstić information content (AvgIpc) is 2.45. The molecule has 1 fully saturated rings. The van der Waals surface area contributed by atoms with E-state index in [-0.39, 0.29) is 11.2 Å². The first kappa shape index (κ1) is 14.8. The molecule has 2 rings (SSSR count). The van der Waals surface area contributed by atoms with Gasteiger partial charge in [0.15, 0.2) is 0 Å². The zero-order valence-corrected chi connectivity index (χ0v) is 12.4. The number of likely N-dealkylation sites (tertiary alicyclic amines) is 1.